The van der Waals surface area contributed by atoms with Gasteiger partial charge in [-0.3, -0.25) is 19.3 Å². The van der Waals surface area contributed by atoms with Crippen LogP contribution in [0.15, 0.2) is 47.8 Å². The number of thiocarbonyl (C=S) groups is 1. The number of nitrogens with one attached hydrogen (secondary N) is 2. The van der Waals surface area contributed by atoms with E-state index in [1.165, 1.54) is 11.3 Å². The SMILES string of the molecule is CCOC(=O)c1c(-c2ccc(C)c(C)c2)csc1NC(=S)NC(=O)CN1C(=O)c2ccccc2C1=O. The average Bonchev–Trinajstić information content (AvgIpc) is 3.36. The monoisotopic (exact) mass is 521 g/mol. The number of ether oxygens (including phenoxy) is 1. The molecule has 0 fully saturated rings. The summed E-state index contributed by atoms with van der Waals surface area (Å²) in [5.74, 6) is -2.24. The van der Waals surface area contributed by atoms with Gasteiger partial charge in [0.05, 0.1) is 17.7 Å². The Morgan fingerprint density at radius 2 is 1.67 bits per heavy atom. The second-order valence-corrected chi connectivity index (χ2v) is 9.41. The van der Waals surface area contributed by atoms with Crippen LogP contribution in [-0.2, 0) is 9.53 Å². The van der Waals surface area contributed by atoms with Crippen molar-refractivity contribution in [2.24, 2.45) is 0 Å². The van der Waals surface area contributed by atoms with Crippen molar-refractivity contribution in [3.8, 4) is 11.1 Å². The number of amides is 3. The third-order valence-corrected chi connectivity index (χ3v) is 6.85. The Hall–Kier alpha value is -3.89. The molecule has 0 radical (unpaired) electrons. The van der Waals surface area contributed by atoms with Crippen LogP contribution in [0.2, 0.25) is 0 Å². The summed E-state index contributed by atoms with van der Waals surface area (Å²) in [5.41, 5.74) is 4.57. The highest BCUT2D eigenvalue weighted by Gasteiger charge is 2.36. The van der Waals surface area contributed by atoms with Gasteiger partial charge in [0, 0.05) is 10.9 Å². The second-order valence-electron chi connectivity index (χ2n) is 8.12. The minimum atomic E-state index is -0.648. The van der Waals surface area contributed by atoms with Gasteiger partial charge >= 0.3 is 5.97 Å². The Bertz CT molecular complexity index is 1380. The van der Waals surface area contributed by atoms with E-state index in [9.17, 15) is 19.2 Å². The van der Waals surface area contributed by atoms with Crippen LogP contribution in [0.4, 0.5) is 5.00 Å². The summed E-state index contributed by atoms with van der Waals surface area (Å²) in [7, 11) is 0. The molecule has 36 heavy (non-hydrogen) atoms. The second kappa shape index (κ2) is 10.4. The quantitative estimate of drug-likeness (QED) is 0.283. The molecule has 0 saturated carbocycles. The number of esters is 1. The molecule has 2 aromatic carbocycles. The number of hydrogen-bond donors (Lipinski definition) is 2. The molecule has 4 rings (SSSR count). The van der Waals surface area contributed by atoms with Crippen molar-refractivity contribution < 1.29 is 23.9 Å². The molecule has 0 atom stereocenters. The number of anilines is 1. The number of nitrogens with zero attached hydrogens (tertiary/aromatic N) is 1. The maximum absolute atomic E-state index is 12.8. The summed E-state index contributed by atoms with van der Waals surface area (Å²) < 4.78 is 5.26. The maximum Gasteiger partial charge on any atom is 0.341 e. The molecule has 2 heterocycles. The molecule has 0 bridgehead atoms. The number of imide groups is 1. The first kappa shape index (κ1) is 25.2. The van der Waals surface area contributed by atoms with Crippen molar-refractivity contribution in [1.82, 2.24) is 10.2 Å². The van der Waals surface area contributed by atoms with Crippen LogP contribution in [0.3, 0.4) is 0 Å². The third-order valence-electron chi connectivity index (χ3n) is 5.75. The molecule has 0 aliphatic carbocycles. The van der Waals surface area contributed by atoms with Crippen LogP contribution in [0.1, 0.15) is 49.1 Å². The van der Waals surface area contributed by atoms with E-state index in [2.05, 4.69) is 10.6 Å². The highest BCUT2D eigenvalue weighted by Crippen LogP contribution is 2.37. The predicted molar refractivity (Wildman–Crippen MR) is 141 cm³/mol. The molecule has 184 valence electrons. The summed E-state index contributed by atoms with van der Waals surface area (Å²) in [4.78, 5) is 51.3. The lowest BCUT2D eigenvalue weighted by Crippen LogP contribution is -2.43. The molecule has 1 aliphatic heterocycles. The number of carbonyl (C=O) groups is 4. The highest BCUT2D eigenvalue weighted by atomic mass is 32.1. The van der Waals surface area contributed by atoms with Crippen LogP contribution in [0.25, 0.3) is 11.1 Å². The van der Waals surface area contributed by atoms with E-state index >= 15 is 0 Å². The molecule has 0 saturated heterocycles. The lowest BCUT2D eigenvalue weighted by Gasteiger charge is -2.15. The molecule has 1 aliphatic rings. The average molecular weight is 522 g/mol. The van der Waals surface area contributed by atoms with Crippen molar-refractivity contribution in [2.75, 3.05) is 18.5 Å². The fraction of sp³-hybridized carbons (Fsp3) is 0.192. The van der Waals surface area contributed by atoms with Gasteiger partial charge in [-0.2, -0.15) is 0 Å². The largest absolute Gasteiger partial charge is 0.462 e. The molecule has 0 spiro atoms. The molecule has 10 heteroatoms. The zero-order valence-electron chi connectivity index (χ0n) is 19.8. The Kier molecular flexibility index (Phi) is 7.27. The fourth-order valence-corrected chi connectivity index (χ4v) is 5.05. The first-order chi connectivity index (χ1) is 17.2. The van der Waals surface area contributed by atoms with Gasteiger partial charge in [0.1, 0.15) is 17.1 Å². The molecule has 1 aromatic heterocycles. The van der Waals surface area contributed by atoms with E-state index in [0.717, 1.165) is 21.6 Å². The third kappa shape index (κ3) is 4.91. The number of thiophene rings is 1. The van der Waals surface area contributed by atoms with Gasteiger partial charge in [-0.25, -0.2) is 4.79 Å². The smallest absolute Gasteiger partial charge is 0.341 e. The number of carbonyl (C=O) groups excluding carboxylic acids is 4. The Labute approximate surface area is 217 Å². The van der Waals surface area contributed by atoms with E-state index in [0.29, 0.717) is 16.1 Å². The number of rotatable bonds is 6. The lowest BCUT2D eigenvalue weighted by molar-refractivity contribution is -0.120. The van der Waals surface area contributed by atoms with Gasteiger partial charge in [-0.1, -0.05) is 30.3 Å². The van der Waals surface area contributed by atoms with E-state index in [-0.39, 0.29) is 22.8 Å². The first-order valence-electron chi connectivity index (χ1n) is 11.1. The topological polar surface area (TPSA) is 105 Å². The lowest BCUT2D eigenvalue weighted by atomic mass is 9.99. The summed E-state index contributed by atoms with van der Waals surface area (Å²) >= 11 is 6.53. The van der Waals surface area contributed by atoms with Crippen LogP contribution in [0, 0.1) is 13.8 Å². The minimum Gasteiger partial charge on any atom is -0.462 e. The van der Waals surface area contributed by atoms with Gasteiger partial charge in [-0.05, 0) is 61.8 Å². The normalized spacial score (nSPS) is 12.4. The highest BCUT2D eigenvalue weighted by molar-refractivity contribution is 7.80. The van der Waals surface area contributed by atoms with Gasteiger partial charge in [-0.15, -0.1) is 11.3 Å². The van der Waals surface area contributed by atoms with Crippen molar-refractivity contribution in [3.63, 3.8) is 0 Å². The minimum absolute atomic E-state index is 0.0735. The number of aryl methyl sites for hydroxylation is 2. The van der Waals surface area contributed by atoms with E-state index in [4.69, 9.17) is 17.0 Å². The Balaban J connectivity index is 1.49. The molecule has 2 N–H and O–H groups in total. The molecular formula is C26H23N3O5S2. The van der Waals surface area contributed by atoms with E-state index in [1.54, 1.807) is 31.2 Å². The first-order valence-corrected chi connectivity index (χ1v) is 12.4. The molecule has 3 amide bonds. The number of benzene rings is 2. The van der Waals surface area contributed by atoms with Gasteiger partial charge < -0.3 is 15.4 Å². The molecule has 3 aromatic rings. The molecular weight excluding hydrogens is 498 g/mol. The number of hydrogen-bond acceptors (Lipinski definition) is 7. The van der Waals surface area contributed by atoms with Crippen molar-refractivity contribution >= 4 is 57.4 Å². The van der Waals surface area contributed by atoms with Gasteiger partial charge in [0.25, 0.3) is 11.8 Å². The maximum atomic E-state index is 12.8. The Morgan fingerprint density at radius 3 is 2.28 bits per heavy atom. The molecule has 8 nitrogen and oxygen atoms in total. The molecule has 0 unspecified atom stereocenters. The van der Waals surface area contributed by atoms with Crippen molar-refractivity contribution in [2.45, 2.75) is 20.8 Å². The predicted octanol–water partition coefficient (Wildman–Crippen LogP) is 4.32. The van der Waals surface area contributed by atoms with Crippen LogP contribution >= 0.6 is 23.6 Å². The van der Waals surface area contributed by atoms with Crippen LogP contribution in [0.5, 0.6) is 0 Å². The van der Waals surface area contributed by atoms with Gasteiger partial charge in [0.15, 0.2) is 5.11 Å². The standard InChI is InChI=1S/C26H23N3O5S2/c1-4-34-25(33)21-19(16-10-9-14(2)15(3)11-16)13-36-22(21)28-26(35)27-20(30)12-29-23(31)17-7-5-6-8-18(17)24(29)32/h5-11,13H,4,12H2,1-3H3,(H2,27,28,30,35). The zero-order chi connectivity index (χ0) is 26.0. The Morgan fingerprint density at radius 1 is 1.00 bits per heavy atom. The van der Waals surface area contributed by atoms with E-state index in [1.807, 2.05) is 37.4 Å². The summed E-state index contributed by atoms with van der Waals surface area (Å²) in [5, 5.41) is 7.52. The number of fused-ring (bicyclic) bond motifs is 1. The zero-order valence-corrected chi connectivity index (χ0v) is 21.5. The summed E-state index contributed by atoms with van der Waals surface area (Å²) in [6.07, 6.45) is 0. The van der Waals surface area contributed by atoms with Crippen LogP contribution < -0.4 is 10.6 Å². The summed E-state index contributed by atoms with van der Waals surface area (Å²) in [6.45, 7) is 5.43. The van der Waals surface area contributed by atoms with Crippen molar-refractivity contribution in [3.05, 3.63) is 75.7 Å². The fourth-order valence-electron chi connectivity index (χ4n) is 3.80. The summed E-state index contributed by atoms with van der Waals surface area (Å²) in [6, 6.07) is 12.3. The van der Waals surface area contributed by atoms with Crippen molar-refractivity contribution in [1.29, 1.82) is 0 Å². The van der Waals surface area contributed by atoms with E-state index < -0.39 is 30.2 Å². The van der Waals surface area contributed by atoms with Crippen LogP contribution in [-0.4, -0.2) is 46.9 Å². The van der Waals surface area contributed by atoms with Gasteiger partial charge in [0.2, 0.25) is 5.91 Å².